The van der Waals surface area contributed by atoms with Crippen molar-refractivity contribution in [1.82, 2.24) is 4.31 Å². The van der Waals surface area contributed by atoms with Gasteiger partial charge in [-0.1, -0.05) is 0 Å². The van der Waals surface area contributed by atoms with Gasteiger partial charge in [-0.15, -0.1) is 3.89 Å². The van der Waals surface area contributed by atoms with Gasteiger partial charge in [-0.05, 0) is 37.1 Å². The van der Waals surface area contributed by atoms with Gasteiger partial charge in [0.2, 0.25) is 10.0 Å². The van der Waals surface area contributed by atoms with Crippen LogP contribution in [0.1, 0.15) is 12.8 Å². The Kier molecular flexibility index (Phi) is 3.43. The van der Waals surface area contributed by atoms with Gasteiger partial charge in [0.15, 0.2) is 0 Å². The number of hydrogen-bond donors (Lipinski definition) is 0. The second-order valence-corrected chi connectivity index (χ2v) is 7.31. The van der Waals surface area contributed by atoms with E-state index in [-0.39, 0.29) is 4.90 Å². The molecule has 1 saturated heterocycles. The molecule has 5 nitrogen and oxygen atoms in total. The van der Waals surface area contributed by atoms with Gasteiger partial charge in [0, 0.05) is 13.1 Å². The summed E-state index contributed by atoms with van der Waals surface area (Å²) in [6, 6.07) is 4.14. The smallest absolute Gasteiger partial charge is 0.207 e. The number of hydrogen-bond acceptors (Lipinski definition) is 4. The standard InChI is InChI=1S/C10H12FNO4S2/c11-17(13,14)9-3-5-10(6-4-9)18(15,16)12-7-1-2-8-12/h3-6H,1-2,7-8H2. The lowest BCUT2D eigenvalue weighted by Gasteiger charge is -2.15. The predicted molar refractivity (Wildman–Crippen MR) is 62.7 cm³/mol. The zero-order chi connectivity index (χ0) is 13.4. The summed E-state index contributed by atoms with van der Waals surface area (Å²) in [4.78, 5) is -0.556. The molecule has 0 radical (unpaired) electrons. The highest BCUT2D eigenvalue weighted by molar-refractivity contribution is 7.89. The van der Waals surface area contributed by atoms with Crippen molar-refractivity contribution >= 4 is 20.2 Å². The number of nitrogens with zero attached hydrogens (tertiary/aromatic N) is 1. The first kappa shape index (κ1) is 13.4. The molecular weight excluding hydrogens is 281 g/mol. The van der Waals surface area contributed by atoms with E-state index in [2.05, 4.69) is 0 Å². The van der Waals surface area contributed by atoms with Crippen molar-refractivity contribution in [3.63, 3.8) is 0 Å². The molecule has 1 fully saturated rings. The molecule has 18 heavy (non-hydrogen) atoms. The third kappa shape index (κ3) is 2.55. The summed E-state index contributed by atoms with van der Waals surface area (Å²) in [6.07, 6.45) is 1.63. The molecule has 8 heteroatoms. The topological polar surface area (TPSA) is 71.5 Å². The first-order valence-corrected chi connectivity index (χ1v) is 8.19. The molecule has 1 heterocycles. The van der Waals surface area contributed by atoms with E-state index in [4.69, 9.17) is 0 Å². The van der Waals surface area contributed by atoms with Crippen LogP contribution >= 0.6 is 0 Å². The molecule has 0 bridgehead atoms. The van der Waals surface area contributed by atoms with Crippen LogP contribution in [-0.4, -0.2) is 34.2 Å². The average molecular weight is 293 g/mol. The lowest BCUT2D eigenvalue weighted by atomic mass is 10.4. The maximum atomic E-state index is 12.7. The summed E-state index contributed by atoms with van der Waals surface area (Å²) >= 11 is 0. The minimum absolute atomic E-state index is 0.0169. The Bertz CT molecular complexity index is 631. The van der Waals surface area contributed by atoms with Crippen molar-refractivity contribution in [2.24, 2.45) is 0 Å². The second kappa shape index (κ2) is 4.60. The summed E-state index contributed by atoms with van der Waals surface area (Å²) in [5.74, 6) is 0. The van der Waals surface area contributed by atoms with Crippen LogP contribution in [0, 0.1) is 0 Å². The van der Waals surface area contributed by atoms with E-state index in [1.807, 2.05) is 0 Å². The molecule has 100 valence electrons. The Morgan fingerprint density at radius 2 is 1.33 bits per heavy atom. The quantitative estimate of drug-likeness (QED) is 0.783. The van der Waals surface area contributed by atoms with Crippen molar-refractivity contribution in [3.8, 4) is 0 Å². The minimum Gasteiger partial charge on any atom is -0.207 e. The third-order valence-corrected chi connectivity index (χ3v) is 5.56. The fourth-order valence-electron chi connectivity index (χ4n) is 1.85. The van der Waals surface area contributed by atoms with Gasteiger partial charge in [0.25, 0.3) is 0 Å². The van der Waals surface area contributed by atoms with Gasteiger partial charge < -0.3 is 0 Å². The van der Waals surface area contributed by atoms with Crippen LogP contribution in [0.5, 0.6) is 0 Å². The van der Waals surface area contributed by atoms with E-state index in [1.165, 1.54) is 4.31 Å². The molecule has 1 aromatic rings. The highest BCUT2D eigenvalue weighted by Gasteiger charge is 2.27. The van der Waals surface area contributed by atoms with Gasteiger partial charge in [-0.3, -0.25) is 0 Å². The first-order valence-electron chi connectivity index (χ1n) is 5.37. The molecule has 0 aliphatic carbocycles. The summed E-state index contributed by atoms with van der Waals surface area (Å²) < 4.78 is 59.4. The van der Waals surface area contributed by atoms with E-state index in [9.17, 15) is 20.7 Å². The molecule has 1 aliphatic heterocycles. The Hall–Kier alpha value is -0.990. The Labute approximate surface area is 105 Å². The average Bonchev–Trinajstić information content (AvgIpc) is 2.82. The molecule has 0 N–H and O–H groups in total. The lowest BCUT2D eigenvalue weighted by molar-refractivity contribution is 0.477. The van der Waals surface area contributed by atoms with Crippen LogP contribution in [0.15, 0.2) is 34.1 Å². The predicted octanol–water partition coefficient (Wildman–Crippen LogP) is 1.13. The van der Waals surface area contributed by atoms with Crippen molar-refractivity contribution in [1.29, 1.82) is 0 Å². The van der Waals surface area contributed by atoms with Crippen molar-refractivity contribution < 1.29 is 20.7 Å². The Morgan fingerprint density at radius 1 is 0.889 bits per heavy atom. The summed E-state index contributed by atoms with van der Waals surface area (Å²) in [5.41, 5.74) is 0. The van der Waals surface area contributed by atoms with Crippen molar-refractivity contribution in [2.75, 3.05) is 13.1 Å². The fraction of sp³-hybridized carbons (Fsp3) is 0.400. The maximum absolute atomic E-state index is 12.7. The molecule has 0 amide bonds. The van der Waals surface area contributed by atoms with Gasteiger partial charge in [-0.25, -0.2) is 8.42 Å². The molecule has 0 aromatic heterocycles. The summed E-state index contributed by atoms with van der Waals surface area (Å²) in [6.45, 7) is 0.928. The summed E-state index contributed by atoms with van der Waals surface area (Å²) in [7, 11) is -8.38. The largest absolute Gasteiger partial charge is 0.332 e. The number of benzene rings is 1. The van der Waals surface area contributed by atoms with Gasteiger partial charge >= 0.3 is 10.2 Å². The third-order valence-electron chi connectivity index (χ3n) is 2.81. The van der Waals surface area contributed by atoms with Crippen LogP contribution in [0.25, 0.3) is 0 Å². The van der Waals surface area contributed by atoms with Gasteiger partial charge in [-0.2, -0.15) is 12.7 Å². The van der Waals surface area contributed by atoms with Crippen LogP contribution in [0.2, 0.25) is 0 Å². The van der Waals surface area contributed by atoms with Crippen LogP contribution in [0.4, 0.5) is 3.89 Å². The van der Waals surface area contributed by atoms with Gasteiger partial charge in [0.1, 0.15) is 0 Å². The van der Waals surface area contributed by atoms with Crippen LogP contribution in [-0.2, 0) is 20.2 Å². The molecule has 0 unspecified atom stereocenters. The zero-order valence-electron chi connectivity index (χ0n) is 9.41. The van der Waals surface area contributed by atoms with Crippen LogP contribution in [0.3, 0.4) is 0 Å². The molecule has 0 atom stereocenters. The van der Waals surface area contributed by atoms with Gasteiger partial charge in [0.05, 0.1) is 9.79 Å². The molecule has 0 spiro atoms. The normalized spacial score (nSPS) is 18.1. The zero-order valence-corrected chi connectivity index (χ0v) is 11.0. The molecule has 0 saturated carbocycles. The Morgan fingerprint density at radius 3 is 1.78 bits per heavy atom. The van der Waals surface area contributed by atoms with Crippen LogP contribution < -0.4 is 0 Å². The molecular formula is C10H12FNO4S2. The number of sulfonamides is 1. The number of halogens is 1. The maximum Gasteiger partial charge on any atom is 0.332 e. The van der Waals surface area contributed by atoms with Crippen molar-refractivity contribution in [3.05, 3.63) is 24.3 Å². The van der Waals surface area contributed by atoms with E-state index in [0.717, 1.165) is 37.1 Å². The first-order chi connectivity index (χ1) is 8.32. The van der Waals surface area contributed by atoms with E-state index in [1.54, 1.807) is 0 Å². The molecule has 1 aliphatic rings. The number of rotatable bonds is 3. The SMILES string of the molecule is O=S(=O)(F)c1ccc(S(=O)(=O)N2CCCC2)cc1. The summed E-state index contributed by atoms with van der Waals surface area (Å²) in [5, 5.41) is 0. The monoisotopic (exact) mass is 293 g/mol. The van der Waals surface area contributed by atoms with E-state index >= 15 is 0 Å². The highest BCUT2D eigenvalue weighted by atomic mass is 32.3. The highest BCUT2D eigenvalue weighted by Crippen LogP contribution is 2.22. The second-order valence-electron chi connectivity index (χ2n) is 4.02. The lowest BCUT2D eigenvalue weighted by Crippen LogP contribution is -2.27. The molecule has 2 rings (SSSR count). The minimum atomic E-state index is -4.79. The van der Waals surface area contributed by atoms with E-state index < -0.39 is 25.1 Å². The van der Waals surface area contributed by atoms with E-state index in [0.29, 0.717) is 13.1 Å². The molecule has 1 aromatic carbocycles. The Balaban J connectivity index is 2.35. The van der Waals surface area contributed by atoms with Crippen molar-refractivity contribution in [2.45, 2.75) is 22.6 Å². The fourth-order valence-corrected chi connectivity index (χ4v) is 3.83.